The van der Waals surface area contributed by atoms with Gasteiger partial charge in [-0.25, -0.2) is 0 Å². The molecule has 0 fully saturated rings. The van der Waals surface area contributed by atoms with Crippen molar-refractivity contribution in [1.29, 1.82) is 0 Å². The zero-order chi connectivity index (χ0) is 19.0. The Morgan fingerprint density at radius 1 is 1.15 bits per heavy atom. The van der Waals surface area contributed by atoms with Crippen molar-refractivity contribution in [2.75, 3.05) is 34.9 Å². The van der Waals surface area contributed by atoms with Crippen molar-refractivity contribution in [2.45, 2.75) is 39.8 Å². The van der Waals surface area contributed by atoms with Gasteiger partial charge in [-0.05, 0) is 30.5 Å². The first kappa shape index (κ1) is 24.8. The highest BCUT2D eigenvalue weighted by molar-refractivity contribution is 14.0. The molecule has 150 valence electrons. The number of guanidine groups is 1. The van der Waals surface area contributed by atoms with Crippen LogP contribution >= 0.6 is 24.0 Å². The fourth-order valence-electron chi connectivity index (χ4n) is 2.59. The minimum Gasteiger partial charge on any atom is -0.497 e. The van der Waals surface area contributed by atoms with Gasteiger partial charge in [-0.1, -0.05) is 20.8 Å². The second-order valence-corrected chi connectivity index (χ2v) is 7.02. The molecule has 0 amide bonds. The van der Waals surface area contributed by atoms with Gasteiger partial charge in [-0.3, -0.25) is 4.99 Å². The summed E-state index contributed by atoms with van der Waals surface area (Å²) in [5, 5.41) is 6.72. The van der Waals surface area contributed by atoms with E-state index in [9.17, 15) is 0 Å². The largest absolute Gasteiger partial charge is 0.497 e. The van der Waals surface area contributed by atoms with Crippen molar-refractivity contribution in [3.63, 3.8) is 0 Å². The van der Waals surface area contributed by atoms with E-state index in [4.69, 9.17) is 14.2 Å². The molecule has 0 bridgehead atoms. The Labute approximate surface area is 175 Å². The molecular weight excluding hydrogens is 445 g/mol. The van der Waals surface area contributed by atoms with Gasteiger partial charge in [0.15, 0.2) is 5.96 Å². The van der Waals surface area contributed by atoms with Gasteiger partial charge in [-0.2, -0.15) is 0 Å². The maximum Gasteiger partial charge on any atom is 0.191 e. The van der Waals surface area contributed by atoms with Crippen LogP contribution in [0.25, 0.3) is 0 Å². The number of hydrogen-bond donors (Lipinski definition) is 2. The number of benzene rings is 1. The van der Waals surface area contributed by atoms with Gasteiger partial charge in [0.1, 0.15) is 11.5 Å². The molecule has 0 aliphatic carbocycles. The quantitative estimate of drug-likeness (QED) is 0.356. The van der Waals surface area contributed by atoms with Gasteiger partial charge < -0.3 is 24.8 Å². The van der Waals surface area contributed by atoms with Crippen LogP contribution in [0.2, 0.25) is 0 Å². The Kier molecular flexibility index (Phi) is 10.9. The lowest BCUT2D eigenvalue weighted by Gasteiger charge is -2.30. The minimum atomic E-state index is -0.00752. The van der Waals surface area contributed by atoms with E-state index in [1.807, 2.05) is 18.2 Å². The smallest absolute Gasteiger partial charge is 0.191 e. The molecule has 0 aliphatic heterocycles. The Hall–Kier alpha value is -1.22. The van der Waals surface area contributed by atoms with Gasteiger partial charge in [0.25, 0.3) is 0 Å². The minimum absolute atomic E-state index is 0. The second-order valence-electron chi connectivity index (χ2n) is 7.02. The Morgan fingerprint density at radius 3 is 2.27 bits per heavy atom. The van der Waals surface area contributed by atoms with E-state index in [0.717, 1.165) is 17.1 Å². The lowest BCUT2D eigenvalue weighted by Crippen LogP contribution is -2.45. The van der Waals surface area contributed by atoms with Gasteiger partial charge >= 0.3 is 0 Å². The maximum absolute atomic E-state index is 5.58. The van der Waals surface area contributed by atoms with Crippen LogP contribution in [0.5, 0.6) is 11.5 Å². The van der Waals surface area contributed by atoms with Crippen molar-refractivity contribution in [3.05, 3.63) is 23.8 Å². The summed E-state index contributed by atoms with van der Waals surface area (Å²) in [4.78, 5) is 4.31. The molecule has 0 heterocycles. The van der Waals surface area contributed by atoms with E-state index in [1.165, 1.54) is 0 Å². The zero-order valence-corrected chi connectivity index (χ0v) is 19.5. The van der Waals surface area contributed by atoms with E-state index in [1.54, 1.807) is 28.4 Å². The number of methoxy groups -OCH3 is 3. The monoisotopic (exact) mass is 479 g/mol. The van der Waals surface area contributed by atoms with Gasteiger partial charge in [-0.15, -0.1) is 24.0 Å². The first-order valence-corrected chi connectivity index (χ1v) is 8.48. The Morgan fingerprint density at radius 2 is 1.81 bits per heavy atom. The summed E-state index contributed by atoms with van der Waals surface area (Å²) in [5.41, 5.74) is 1.05. The van der Waals surface area contributed by atoms with E-state index in [0.29, 0.717) is 12.5 Å². The molecule has 2 unspecified atom stereocenters. The van der Waals surface area contributed by atoms with Crippen LogP contribution in [0.15, 0.2) is 23.2 Å². The molecule has 1 aromatic rings. The van der Waals surface area contributed by atoms with Gasteiger partial charge in [0.2, 0.25) is 0 Å². The van der Waals surface area contributed by atoms with E-state index in [-0.39, 0.29) is 41.5 Å². The fourth-order valence-corrected chi connectivity index (χ4v) is 2.59. The summed E-state index contributed by atoms with van der Waals surface area (Å²) >= 11 is 0. The summed E-state index contributed by atoms with van der Waals surface area (Å²) in [6.07, 6.45) is 0.0766. The predicted octanol–water partition coefficient (Wildman–Crippen LogP) is 3.61. The summed E-state index contributed by atoms with van der Waals surface area (Å²) < 4.78 is 16.4. The molecule has 2 N–H and O–H groups in total. The molecule has 0 aromatic heterocycles. The molecule has 0 spiro atoms. The molecule has 0 saturated carbocycles. The highest BCUT2D eigenvalue weighted by atomic mass is 127. The number of nitrogens with one attached hydrogen (secondary N) is 2. The molecule has 0 aliphatic rings. The predicted molar refractivity (Wildman–Crippen MR) is 118 cm³/mol. The Balaban J connectivity index is 0.00000625. The number of rotatable bonds is 7. The molecule has 6 nitrogen and oxygen atoms in total. The van der Waals surface area contributed by atoms with Crippen molar-refractivity contribution in [3.8, 4) is 11.5 Å². The van der Waals surface area contributed by atoms with Crippen molar-refractivity contribution in [2.24, 2.45) is 10.4 Å². The summed E-state index contributed by atoms with van der Waals surface area (Å²) in [6, 6.07) is 5.75. The first-order valence-electron chi connectivity index (χ1n) is 8.48. The molecular formula is C19H34IN3O3. The fraction of sp³-hybridized carbons (Fsp3) is 0.632. The first-order chi connectivity index (χ1) is 11.8. The topological polar surface area (TPSA) is 64.1 Å². The zero-order valence-electron chi connectivity index (χ0n) is 17.2. The molecule has 0 radical (unpaired) electrons. The third-order valence-corrected chi connectivity index (χ3v) is 4.19. The van der Waals surface area contributed by atoms with Crippen LogP contribution in [-0.2, 0) is 4.74 Å². The average Bonchev–Trinajstić information content (AvgIpc) is 2.59. The second kappa shape index (κ2) is 11.5. The maximum atomic E-state index is 5.58. The molecule has 26 heavy (non-hydrogen) atoms. The van der Waals surface area contributed by atoms with Gasteiger partial charge in [0, 0.05) is 26.3 Å². The molecule has 7 heteroatoms. The molecule has 1 rings (SSSR count). The SMILES string of the molecule is CN=C(NCC(OC)C(C)(C)C)NC(C)c1cc(OC)ccc1OC.I. The number of nitrogens with zero attached hydrogens (tertiary/aromatic N) is 1. The van der Waals surface area contributed by atoms with Crippen LogP contribution in [0.4, 0.5) is 0 Å². The lowest BCUT2D eigenvalue weighted by molar-refractivity contribution is 0.0205. The van der Waals surface area contributed by atoms with Crippen LogP contribution in [0, 0.1) is 5.41 Å². The molecule has 0 saturated heterocycles. The number of aliphatic imine (C=N–C) groups is 1. The van der Waals surface area contributed by atoms with Crippen LogP contribution in [0.1, 0.15) is 39.3 Å². The van der Waals surface area contributed by atoms with Crippen LogP contribution < -0.4 is 20.1 Å². The molecule has 2 atom stereocenters. The van der Waals surface area contributed by atoms with E-state index >= 15 is 0 Å². The van der Waals surface area contributed by atoms with Crippen LogP contribution in [-0.4, -0.2) is 47.0 Å². The normalized spacial score (nSPS) is 14.1. The number of halogens is 1. The summed E-state index contributed by atoms with van der Waals surface area (Å²) in [6.45, 7) is 9.19. The third-order valence-electron chi connectivity index (χ3n) is 4.19. The standard InChI is InChI=1S/C19H33N3O3.HI/c1-13(15-11-14(23-6)9-10-16(15)24-7)22-18(20-5)21-12-17(25-8)19(2,3)4;/h9-11,13,17H,12H2,1-8H3,(H2,20,21,22);1H. The number of ether oxygens (including phenoxy) is 3. The van der Waals surface area contributed by atoms with E-state index in [2.05, 4.69) is 43.3 Å². The van der Waals surface area contributed by atoms with E-state index < -0.39 is 0 Å². The van der Waals surface area contributed by atoms with Crippen molar-refractivity contribution >= 4 is 29.9 Å². The van der Waals surface area contributed by atoms with Crippen molar-refractivity contribution in [1.82, 2.24) is 10.6 Å². The highest BCUT2D eigenvalue weighted by Crippen LogP contribution is 2.29. The molecule has 1 aromatic carbocycles. The third kappa shape index (κ3) is 7.19. The van der Waals surface area contributed by atoms with Crippen LogP contribution in [0.3, 0.4) is 0 Å². The Bertz CT molecular complexity index is 574. The summed E-state index contributed by atoms with van der Waals surface area (Å²) in [7, 11) is 6.81. The van der Waals surface area contributed by atoms with Crippen molar-refractivity contribution < 1.29 is 14.2 Å². The van der Waals surface area contributed by atoms with Gasteiger partial charge in [0.05, 0.1) is 26.4 Å². The average molecular weight is 479 g/mol. The highest BCUT2D eigenvalue weighted by Gasteiger charge is 2.24. The lowest BCUT2D eigenvalue weighted by atomic mass is 9.89. The summed E-state index contributed by atoms with van der Waals surface area (Å²) in [5.74, 6) is 2.31. The number of hydrogen-bond acceptors (Lipinski definition) is 4.